The van der Waals surface area contributed by atoms with Gasteiger partial charge in [0.05, 0.1) is 22.7 Å². The molecule has 0 radical (unpaired) electrons. The van der Waals surface area contributed by atoms with Crippen molar-refractivity contribution in [1.29, 1.82) is 10.5 Å². The summed E-state index contributed by atoms with van der Waals surface area (Å²) in [6, 6.07) is 11.5. The van der Waals surface area contributed by atoms with Crippen molar-refractivity contribution in [2.45, 2.75) is 32.1 Å². The molecule has 2 heterocycles. The van der Waals surface area contributed by atoms with E-state index in [0.29, 0.717) is 40.3 Å². The highest BCUT2D eigenvalue weighted by Gasteiger charge is 2.27. The fourth-order valence-electron chi connectivity index (χ4n) is 4.22. The predicted octanol–water partition coefficient (Wildman–Crippen LogP) is 1.92. The quantitative estimate of drug-likeness (QED) is 0.667. The minimum atomic E-state index is -0.657. The summed E-state index contributed by atoms with van der Waals surface area (Å²) in [7, 11) is 2.08. The SMILES string of the molecule is CCc1c(C#N)c(CC(C(N)=O)c2ccc(N)cc2)nc(N2CCCN(C)CC2)c1C#N. The van der Waals surface area contributed by atoms with Gasteiger partial charge >= 0.3 is 0 Å². The Labute approximate surface area is 189 Å². The molecular formula is C24H29N7O. The number of aromatic nitrogens is 1. The molecule has 1 saturated heterocycles. The molecule has 4 N–H and O–H groups in total. The zero-order valence-electron chi connectivity index (χ0n) is 18.6. The van der Waals surface area contributed by atoms with E-state index in [9.17, 15) is 15.3 Å². The molecule has 0 aliphatic carbocycles. The predicted molar refractivity (Wildman–Crippen MR) is 124 cm³/mol. The van der Waals surface area contributed by atoms with Gasteiger partial charge in [0.2, 0.25) is 5.91 Å². The lowest BCUT2D eigenvalue weighted by atomic mass is 9.89. The van der Waals surface area contributed by atoms with Crippen LogP contribution in [0, 0.1) is 22.7 Å². The van der Waals surface area contributed by atoms with Gasteiger partial charge < -0.3 is 21.3 Å². The van der Waals surface area contributed by atoms with Gasteiger partial charge in [0.25, 0.3) is 0 Å². The van der Waals surface area contributed by atoms with Crippen LogP contribution < -0.4 is 16.4 Å². The van der Waals surface area contributed by atoms with Crippen LogP contribution in [0.15, 0.2) is 24.3 Å². The first-order chi connectivity index (χ1) is 15.4. The molecule has 1 aromatic heterocycles. The molecule has 3 rings (SSSR count). The normalized spacial score (nSPS) is 15.4. The van der Waals surface area contributed by atoms with Gasteiger partial charge in [-0.2, -0.15) is 10.5 Å². The number of pyridine rings is 1. The molecule has 2 aromatic rings. The van der Waals surface area contributed by atoms with Crippen molar-refractivity contribution in [3.05, 3.63) is 52.2 Å². The standard InChI is InChI=1S/C24H29N7O/c1-3-18-20(14-25)22(13-19(23(28)32)16-5-7-17(27)8-6-16)29-24(21(18)15-26)31-10-4-9-30(2)11-12-31/h5-8,19H,3-4,9-13,27H2,1-2H3,(H2,28,32). The second kappa shape index (κ2) is 10.1. The van der Waals surface area contributed by atoms with E-state index in [1.165, 1.54) is 0 Å². The van der Waals surface area contributed by atoms with Crippen LogP contribution in [-0.4, -0.2) is 49.0 Å². The smallest absolute Gasteiger partial charge is 0.225 e. The average Bonchev–Trinajstić information content (AvgIpc) is 3.01. The Morgan fingerprint density at radius 1 is 1.12 bits per heavy atom. The van der Waals surface area contributed by atoms with E-state index in [1.54, 1.807) is 24.3 Å². The molecule has 0 bridgehead atoms. The number of hydrogen-bond donors (Lipinski definition) is 2. The van der Waals surface area contributed by atoms with Crippen molar-refractivity contribution >= 4 is 17.4 Å². The lowest BCUT2D eigenvalue weighted by molar-refractivity contribution is -0.119. The van der Waals surface area contributed by atoms with E-state index in [2.05, 4.69) is 29.0 Å². The Morgan fingerprint density at radius 2 is 1.81 bits per heavy atom. The van der Waals surface area contributed by atoms with Gasteiger partial charge in [-0.3, -0.25) is 4.79 Å². The molecule has 1 aromatic carbocycles. The van der Waals surface area contributed by atoms with Gasteiger partial charge in [-0.15, -0.1) is 0 Å². The van der Waals surface area contributed by atoms with Crippen LogP contribution in [0.1, 0.15) is 47.2 Å². The highest BCUT2D eigenvalue weighted by atomic mass is 16.1. The van der Waals surface area contributed by atoms with Crippen LogP contribution in [0.2, 0.25) is 0 Å². The third-order valence-electron chi connectivity index (χ3n) is 6.03. The van der Waals surface area contributed by atoms with Gasteiger partial charge in [0, 0.05) is 31.7 Å². The van der Waals surface area contributed by atoms with Crippen molar-refractivity contribution in [3.63, 3.8) is 0 Å². The van der Waals surface area contributed by atoms with E-state index in [-0.39, 0.29) is 6.42 Å². The Balaban J connectivity index is 2.11. The zero-order chi connectivity index (χ0) is 23.3. The Morgan fingerprint density at radius 3 is 2.41 bits per heavy atom. The van der Waals surface area contributed by atoms with Gasteiger partial charge in [-0.05, 0) is 49.7 Å². The number of nitrogens with two attached hydrogens (primary N) is 2. The third-order valence-corrected chi connectivity index (χ3v) is 6.03. The molecule has 0 saturated carbocycles. The molecule has 1 amide bonds. The fourth-order valence-corrected chi connectivity index (χ4v) is 4.22. The molecule has 8 nitrogen and oxygen atoms in total. The number of hydrogen-bond acceptors (Lipinski definition) is 7. The van der Waals surface area contributed by atoms with Crippen LogP contribution in [-0.2, 0) is 17.6 Å². The summed E-state index contributed by atoms with van der Waals surface area (Å²) in [5.74, 6) is -0.564. The van der Waals surface area contributed by atoms with Gasteiger partial charge in [-0.25, -0.2) is 4.98 Å². The number of amides is 1. The summed E-state index contributed by atoms with van der Waals surface area (Å²) < 4.78 is 0. The minimum Gasteiger partial charge on any atom is -0.399 e. The monoisotopic (exact) mass is 431 g/mol. The number of nitriles is 2. The summed E-state index contributed by atoms with van der Waals surface area (Å²) in [4.78, 5) is 21.5. The molecule has 1 aliphatic heterocycles. The van der Waals surface area contributed by atoms with Gasteiger partial charge in [0.1, 0.15) is 18.0 Å². The largest absolute Gasteiger partial charge is 0.399 e. The molecule has 1 fully saturated rings. The molecule has 1 aliphatic rings. The Bertz CT molecular complexity index is 1070. The van der Waals surface area contributed by atoms with E-state index in [0.717, 1.165) is 38.2 Å². The maximum atomic E-state index is 12.3. The summed E-state index contributed by atoms with van der Waals surface area (Å²) in [5, 5.41) is 19.9. The summed E-state index contributed by atoms with van der Waals surface area (Å²) in [6.07, 6.45) is 1.65. The number of rotatable bonds is 6. The number of carbonyl (C=O) groups excluding carboxylic acids is 1. The second-order valence-electron chi connectivity index (χ2n) is 8.16. The molecule has 1 unspecified atom stereocenters. The van der Waals surface area contributed by atoms with Gasteiger partial charge in [0.15, 0.2) is 0 Å². The zero-order valence-corrected chi connectivity index (χ0v) is 18.6. The van der Waals surface area contributed by atoms with E-state index in [4.69, 9.17) is 16.5 Å². The lowest BCUT2D eigenvalue weighted by Crippen LogP contribution is -2.31. The van der Waals surface area contributed by atoms with Crippen LogP contribution in [0.5, 0.6) is 0 Å². The molecule has 0 spiro atoms. The van der Waals surface area contributed by atoms with Crippen LogP contribution in [0.25, 0.3) is 0 Å². The van der Waals surface area contributed by atoms with E-state index < -0.39 is 11.8 Å². The first-order valence-corrected chi connectivity index (χ1v) is 10.8. The van der Waals surface area contributed by atoms with Crippen molar-refractivity contribution < 1.29 is 4.79 Å². The number of nitrogens with zero attached hydrogens (tertiary/aromatic N) is 5. The number of benzene rings is 1. The summed E-state index contributed by atoms with van der Waals surface area (Å²) in [6.45, 7) is 5.27. The van der Waals surface area contributed by atoms with E-state index >= 15 is 0 Å². The number of nitrogen functional groups attached to an aromatic ring is 1. The maximum absolute atomic E-state index is 12.3. The maximum Gasteiger partial charge on any atom is 0.225 e. The summed E-state index contributed by atoms with van der Waals surface area (Å²) >= 11 is 0. The van der Waals surface area contributed by atoms with Crippen LogP contribution in [0.4, 0.5) is 11.5 Å². The fraction of sp³-hybridized carbons (Fsp3) is 0.417. The first kappa shape index (κ1) is 23.1. The first-order valence-electron chi connectivity index (χ1n) is 10.8. The minimum absolute atomic E-state index is 0.182. The third kappa shape index (κ3) is 4.82. The Kier molecular flexibility index (Phi) is 7.29. The molecule has 166 valence electrons. The number of carbonyl (C=O) groups is 1. The summed E-state index contributed by atoms with van der Waals surface area (Å²) in [5.41, 5.74) is 14.8. The highest BCUT2D eigenvalue weighted by Crippen LogP contribution is 2.31. The van der Waals surface area contributed by atoms with Crippen molar-refractivity contribution in [2.24, 2.45) is 5.73 Å². The molecule has 8 heteroatoms. The van der Waals surface area contributed by atoms with Crippen molar-refractivity contribution in [1.82, 2.24) is 9.88 Å². The van der Waals surface area contributed by atoms with Crippen LogP contribution in [0.3, 0.4) is 0 Å². The van der Waals surface area contributed by atoms with E-state index in [1.807, 2.05) is 6.92 Å². The number of primary amides is 1. The lowest BCUT2D eigenvalue weighted by Gasteiger charge is -2.26. The average molecular weight is 432 g/mol. The molecule has 1 atom stereocenters. The van der Waals surface area contributed by atoms with Crippen molar-refractivity contribution in [2.75, 3.05) is 43.9 Å². The topological polar surface area (TPSA) is 136 Å². The number of likely N-dealkylation sites (N-methyl/N-ethyl adjacent to an activating group) is 1. The molecule has 32 heavy (non-hydrogen) atoms. The molecular weight excluding hydrogens is 402 g/mol. The number of anilines is 2. The van der Waals surface area contributed by atoms with Gasteiger partial charge in [-0.1, -0.05) is 19.1 Å². The second-order valence-corrected chi connectivity index (χ2v) is 8.16. The van der Waals surface area contributed by atoms with Crippen molar-refractivity contribution in [3.8, 4) is 12.1 Å². The Hall–Kier alpha value is -3.62. The van der Waals surface area contributed by atoms with Crippen LogP contribution >= 0.6 is 0 Å². The highest BCUT2D eigenvalue weighted by molar-refractivity contribution is 5.82.